The van der Waals surface area contributed by atoms with Crippen LogP contribution in [-0.4, -0.2) is 50.5 Å². The molecular formula is C23H30N4O4. The van der Waals surface area contributed by atoms with Gasteiger partial charge in [-0.3, -0.25) is 9.36 Å². The van der Waals surface area contributed by atoms with E-state index < -0.39 is 5.60 Å². The van der Waals surface area contributed by atoms with Crippen LogP contribution in [0.4, 0.5) is 4.79 Å². The molecule has 0 aliphatic carbocycles. The number of likely N-dealkylation sites (tertiary alicyclic amines) is 1. The normalized spacial score (nSPS) is 15.5. The van der Waals surface area contributed by atoms with E-state index in [1.807, 2.05) is 45.9 Å². The summed E-state index contributed by atoms with van der Waals surface area (Å²) in [5, 5.41) is 5.48. The van der Waals surface area contributed by atoms with Crippen molar-refractivity contribution in [2.45, 2.75) is 52.7 Å². The fourth-order valence-electron chi connectivity index (χ4n) is 4.13. The number of nitrogens with zero attached hydrogens (tertiary/aromatic N) is 4. The van der Waals surface area contributed by atoms with E-state index >= 15 is 0 Å². The molecule has 8 nitrogen and oxygen atoms in total. The number of rotatable bonds is 4. The van der Waals surface area contributed by atoms with Gasteiger partial charge in [-0.1, -0.05) is 6.07 Å². The molecule has 0 atom stereocenters. The minimum Gasteiger partial charge on any atom is -0.493 e. The summed E-state index contributed by atoms with van der Waals surface area (Å²) >= 11 is 0. The quantitative estimate of drug-likeness (QED) is 0.636. The summed E-state index contributed by atoms with van der Waals surface area (Å²) < 4.78 is 14.9. The van der Waals surface area contributed by atoms with Gasteiger partial charge >= 0.3 is 6.09 Å². The first-order valence-electron chi connectivity index (χ1n) is 10.9. The predicted molar refractivity (Wildman–Crippen MR) is 119 cm³/mol. The minimum atomic E-state index is -0.502. The van der Waals surface area contributed by atoms with E-state index in [0.717, 1.165) is 35.1 Å². The summed E-state index contributed by atoms with van der Waals surface area (Å²) in [6.45, 7) is 9.92. The molecule has 0 saturated carbocycles. The highest BCUT2D eigenvalue weighted by Crippen LogP contribution is 2.30. The molecule has 1 aliphatic heterocycles. The fourth-order valence-corrected chi connectivity index (χ4v) is 4.13. The van der Waals surface area contributed by atoms with Crippen molar-refractivity contribution < 1.29 is 14.3 Å². The Labute approximate surface area is 181 Å². The molecule has 0 bridgehead atoms. The van der Waals surface area contributed by atoms with Gasteiger partial charge in [-0.15, -0.1) is 0 Å². The number of hydrogen-bond donors (Lipinski definition) is 0. The Morgan fingerprint density at radius 3 is 2.61 bits per heavy atom. The molecule has 1 aromatic carbocycles. The van der Waals surface area contributed by atoms with Crippen molar-refractivity contribution in [2.75, 3.05) is 19.7 Å². The van der Waals surface area contributed by atoms with E-state index in [-0.39, 0.29) is 17.6 Å². The van der Waals surface area contributed by atoms with Crippen LogP contribution in [0.3, 0.4) is 0 Å². The Kier molecular flexibility index (Phi) is 5.64. The van der Waals surface area contributed by atoms with Crippen LogP contribution in [0.25, 0.3) is 16.6 Å². The largest absolute Gasteiger partial charge is 0.493 e. The molecule has 166 valence electrons. The molecule has 3 heterocycles. The Bertz CT molecular complexity index is 1150. The first kappa shape index (κ1) is 21.2. The number of carbonyl (C=O) groups excluding carboxylic acids is 1. The topological polar surface area (TPSA) is 78.1 Å². The molecule has 0 N–H and O–H groups in total. The lowest BCUT2D eigenvalue weighted by Crippen LogP contribution is -2.42. The highest BCUT2D eigenvalue weighted by molar-refractivity contribution is 5.97. The maximum Gasteiger partial charge on any atom is 0.410 e. The molecule has 8 heteroatoms. The first-order chi connectivity index (χ1) is 14.8. The number of benzene rings is 1. The zero-order valence-corrected chi connectivity index (χ0v) is 18.6. The second-order valence-corrected chi connectivity index (χ2v) is 9.03. The number of hydrogen-bond acceptors (Lipinski definition) is 5. The lowest BCUT2D eigenvalue weighted by atomic mass is 9.97. The second-order valence-electron chi connectivity index (χ2n) is 9.03. The van der Waals surface area contributed by atoms with E-state index in [9.17, 15) is 9.59 Å². The predicted octanol–water partition coefficient (Wildman–Crippen LogP) is 3.70. The molecule has 1 aliphatic rings. The van der Waals surface area contributed by atoms with Crippen LogP contribution in [0.1, 0.15) is 40.5 Å². The number of fused-ring (bicyclic) bond motifs is 3. The van der Waals surface area contributed by atoms with Crippen LogP contribution < -0.4 is 10.3 Å². The van der Waals surface area contributed by atoms with Crippen molar-refractivity contribution in [3.8, 4) is 5.75 Å². The fraction of sp³-hybridized carbons (Fsp3) is 0.522. The molecular weight excluding hydrogens is 396 g/mol. The summed E-state index contributed by atoms with van der Waals surface area (Å²) in [6.07, 6.45) is 3.07. The van der Waals surface area contributed by atoms with Crippen LogP contribution in [0.15, 0.2) is 35.3 Å². The number of amides is 1. The molecule has 0 spiro atoms. The van der Waals surface area contributed by atoms with Gasteiger partial charge in [0.05, 0.1) is 17.5 Å². The van der Waals surface area contributed by atoms with E-state index in [1.165, 1.54) is 0 Å². The Morgan fingerprint density at radius 1 is 1.19 bits per heavy atom. The van der Waals surface area contributed by atoms with Gasteiger partial charge in [0.15, 0.2) is 0 Å². The van der Waals surface area contributed by atoms with E-state index in [0.29, 0.717) is 26.2 Å². The van der Waals surface area contributed by atoms with E-state index in [1.54, 1.807) is 26.2 Å². The minimum absolute atomic E-state index is 0.0600. The van der Waals surface area contributed by atoms with Crippen molar-refractivity contribution in [1.29, 1.82) is 0 Å². The van der Waals surface area contributed by atoms with E-state index in [2.05, 4.69) is 5.10 Å². The summed E-state index contributed by atoms with van der Waals surface area (Å²) in [7, 11) is 0. The maximum atomic E-state index is 12.8. The second kappa shape index (κ2) is 8.24. The van der Waals surface area contributed by atoms with Crippen molar-refractivity contribution >= 4 is 22.6 Å². The molecule has 1 amide bonds. The summed E-state index contributed by atoms with van der Waals surface area (Å²) in [5.74, 6) is 1.01. The van der Waals surface area contributed by atoms with Crippen LogP contribution in [0.5, 0.6) is 5.75 Å². The smallest absolute Gasteiger partial charge is 0.410 e. The zero-order valence-electron chi connectivity index (χ0n) is 18.6. The summed E-state index contributed by atoms with van der Waals surface area (Å²) in [6, 6.07) is 7.30. The van der Waals surface area contributed by atoms with Gasteiger partial charge in [0.2, 0.25) is 0 Å². The Hall–Kier alpha value is -3.03. The highest BCUT2D eigenvalue weighted by atomic mass is 16.6. The monoisotopic (exact) mass is 426 g/mol. The number of aromatic nitrogens is 3. The summed E-state index contributed by atoms with van der Waals surface area (Å²) in [5.41, 5.74) is 0.986. The summed E-state index contributed by atoms with van der Waals surface area (Å²) in [4.78, 5) is 26.9. The maximum absolute atomic E-state index is 12.8. The average Bonchev–Trinajstić information content (AvgIpc) is 3.09. The standard InChI is InChI=1S/C23H30N4O4/c1-5-30-18-8-6-7-17-20(18)21-26(19(28)11-14-27(21)24-17)15-16-9-12-25(13-10-16)22(29)31-23(2,3)4/h6-8,11,14,16H,5,9-10,12-13,15H2,1-4H3. The van der Waals surface area contributed by atoms with Crippen molar-refractivity contribution in [1.82, 2.24) is 19.1 Å². The number of ether oxygens (including phenoxy) is 2. The van der Waals surface area contributed by atoms with Crippen LogP contribution in [0, 0.1) is 5.92 Å². The Morgan fingerprint density at radius 2 is 1.94 bits per heavy atom. The van der Waals surface area contributed by atoms with Crippen molar-refractivity contribution in [2.24, 2.45) is 5.92 Å². The molecule has 1 saturated heterocycles. The lowest BCUT2D eigenvalue weighted by molar-refractivity contribution is 0.0178. The molecule has 3 aromatic rings. The van der Waals surface area contributed by atoms with Gasteiger partial charge in [0.25, 0.3) is 5.56 Å². The number of piperidine rings is 1. The van der Waals surface area contributed by atoms with Crippen molar-refractivity contribution in [3.05, 3.63) is 40.8 Å². The Balaban J connectivity index is 1.60. The van der Waals surface area contributed by atoms with Crippen LogP contribution in [-0.2, 0) is 11.3 Å². The molecule has 0 radical (unpaired) electrons. The van der Waals surface area contributed by atoms with Crippen molar-refractivity contribution in [3.63, 3.8) is 0 Å². The highest BCUT2D eigenvalue weighted by Gasteiger charge is 2.27. The first-order valence-corrected chi connectivity index (χ1v) is 10.9. The van der Waals surface area contributed by atoms with Crippen LogP contribution >= 0.6 is 0 Å². The third-order valence-corrected chi connectivity index (χ3v) is 5.55. The average molecular weight is 427 g/mol. The molecule has 2 aromatic heterocycles. The molecule has 4 rings (SSSR count). The lowest BCUT2D eigenvalue weighted by Gasteiger charge is -2.33. The molecule has 1 fully saturated rings. The van der Waals surface area contributed by atoms with Gasteiger partial charge in [-0.05, 0) is 58.6 Å². The van der Waals surface area contributed by atoms with Crippen LogP contribution in [0.2, 0.25) is 0 Å². The van der Waals surface area contributed by atoms with Gasteiger partial charge in [0, 0.05) is 31.9 Å². The number of carbonyl (C=O) groups is 1. The molecule has 31 heavy (non-hydrogen) atoms. The van der Waals surface area contributed by atoms with Gasteiger partial charge < -0.3 is 14.4 Å². The molecule has 0 unspecified atom stereocenters. The van der Waals surface area contributed by atoms with Gasteiger partial charge in [-0.2, -0.15) is 5.10 Å². The zero-order chi connectivity index (χ0) is 22.2. The SMILES string of the molecule is CCOc1cccc2nn3ccc(=O)n(CC4CCN(C(=O)OC(C)(C)C)CC4)c3c12. The van der Waals surface area contributed by atoms with Gasteiger partial charge in [0.1, 0.15) is 17.0 Å². The van der Waals surface area contributed by atoms with E-state index in [4.69, 9.17) is 9.47 Å². The van der Waals surface area contributed by atoms with Gasteiger partial charge in [-0.25, -0.2) is 9.31 Å². The third-order valence-electron chi connectivity index (χ3n) is 5.55. The third kappa shape index (κ3) is 4.38.